The molecular formula is C5H7ClN2O2S. The van der Waals surface area contributed by atoms with E-state index in [0.717, 1.165) is 0 Å². The van der Waals surface area contributed by atoms with Gasteiger partial charge in [-0.15, -0.1) is 12.4 Å². The van der Waals surface area contributed by atoms with Gasteiger partial charge in [-0.25, -0.2) is 4.79 Å². The molecule has 4 nitrogen and oxygen atoms in total. The number of nitrogens with zero attached hydrogens (tertiary/aromatic N) is 1. The number of H-pyrrole nitrogens is 1. The van der Waals surface area contributed by atoms with Crippen LogP contribution in [0.1, 0.15) is 0 Å². The van der Waals surface area contributed by atoms with Gasteiger partial charge in [0.25, 0.3) is 5.56 Å². The van der Waals surface area contributed by atoms with E-state index in [2.05, 4.69) is 17.6 Å². The van der Waals surface area contributed by atoms with Crippen LogP contribution < -0.4 is 11.2 Å². The van der Waals surface area contributed by atoms with Crippen molar-refractivity contribution in [2.24, 2.45) is 0 Å². The number of rotatable bonds is 1. The number of hydrogen-bond donors (Lipinski definition) is 2. The maximum atomic E-state index is 10.7. The molecule has 1 aromatic rings. The third kappa shape index (κ3) is 2.44. The molecular weight excluding hydrogens is 188 g/mol. The van der Waals surface area contributed by atoms with Gasteiger partial charge in [0.1, 0.15) is 0 Å². The monoisotopic (exact) mass is 194 g/mol. The molecule has 0 aromatic carbocycles. The minimum atomic E-state index is -0.428. The fraction of sp³-hybridized carbons (Fsp3) is 0.200. The second-order valence-corrected chi connectivity index (χ2v) is 2.00. The van der Waals surface area contributed by atoms with Crippen LogP contribution in [-0.2, 0) is 5.88 Å². The first-order chi connectivity index (χ1) is 4.74. The van der Waals surface area contributed by atoms with Crippen LogP contribution in [0.25, 0.3) is 0 Å². The van der Waals surface area contributed by atoms with Gasteiger partial charge in [0.2, 0.25) is 0 Å². The van der Waals surface area contributed by atoms with Crippen LogP contribution >= 0.6 is 25.0 Å². The average molecular weight is 195 g/mol. The number of thiol groups is 1. The van der Waals surface area contributed by atoms with E-state index in [1.807, 2.05) is 0 Å². The summed E-state index contributed by atoms with van der Waals surface area (Å²) in [6.07, 6.45) is 1.40. The summed E-state index contributed by atoms with van der Waals surface area (Å²) >= 11 is 3.85. The van der Waals surface area contributed by atoms with Crippen molar-refractivity contribution in [2.45, 2.75) is 5.88 Å². The maximum absolute atomic E-state index is 10.7. The van der Waals surface area contributed by atoms with Gasteiger partial charge in [-0.2, -0.15) is 12.6 Å². The Morgan fingerprint density at radius 3 is 2.64 bits per heavy atom. The van der Waals surface area contributed by atoms with Gasteiger partial charge in [0.05, 0.1) is 5.88 Å². The summed E-state index contributed by atoms with van der Waals surface area (Å²) in [4.78, 5) is 23.3. The molecule has 1 rings (SSSR count). The Morgan fingerprint density at radius 1 is 1.55 bits per heavy atom. The predicted molar refractivity (Wildman–Crippen MR) is 47.6 cm³/mol. The van der Waals surface area contributed by atoms with Crippen molar-refractivity contribution < 1.29 is 0 Å². The molecule has 0 saturated carbocycles. The summed E-state index contributed by atoms with van der Waals surface area (Å²) in [7, 11) is 0. The minimum absolute atomic E-state index is 0. The van der Waals surface area contributed by atoms with Crippen LogP contribution in [0.4, 0.5) is 0 Å². The van der Waals surface area contributed by atoms with Crippen LogP contribution in [0, 0.1) is 0 Å². The first kappa shape index (κ1) is 10.3. The van der Waals surface area contributed by atoms with Crippen molar-refractivity contribution in [1.29, 1.82) is 0 Å². The van der Waals surface area contributed by atoms with Crippen LogP contribution in [0.15, 0.2) is 21.9 Å². The summed E-state index contributed by atoms with van der Waals surface area (Å²) in [5.74, 6) is 0.273. The standard InChI is InChI=1S/C5H6N2O2S.ClH/c8-4-1-2-7(3-10)5(9)6-4;/h1-2,10H,3H2,(H,6,8,9);1H. The van der Waals surface area contributed by atoms with Crippen LogP contribution in [-0.4, -0.2) is 9.55 Å². The smallest absolute Gasteiger partial charge is 0.291 e. The molecule has 1 N–H and O–H groups in total. The normalized spacial score (nSPS) is 8.82. The van der Waals surface area contributed by atoms with Crippen molar-refractivity contribution in [1.82, 2.24) is 9.55 Å². The van der Waals surface area contributed by atoms with Crippen molar-refractivity contribution >= 4 is 25.0 Å². The molecule has 0 radical (unpaired) electrons. The summed E-state index contributed by atoms with van der Waals surface area (Å²) in [6, 6.07) is 1.28. The lowest BCUT2D eigenvalue weighted by Crippen LogP contribution is -2.27. The molecule has 11 heavy (non-hydrogen) atoms. The molecule has 0 saturated heterocycles. The van der Waals surface area contributed by atoms with Crippen molar-refractivity contribution in [2.75, 3.05) is 0 Å². The fourth-order valence-corrected chi connectivity index (χ4v) is 0.778. The highest BCUT2D eigenvalue weighted by atomic mass is 35.5. The van der Waals surface area contributed by atoms with Gasteiger partial charge in [0.15, 0.2) is 0 Å². The predicted octanol–water partition coefficient (Wildman–Crippen LogP) is -0.154. The van der Waals surface area contributed by atoms with Crippen molar-refractivity contribution in [3.8, 4) is 0 Å². The lowest BCUT2D eigenvalue weighted by molar-refractivity contribution is 0.787. The lowest BCUT2D eigenvalue weighted by Gasteiger charge is -1.95. The molecule has 0 aliphatic heterocycles. The van der Waals surface area contributed by atoms with E-state index in [-0.39, 0.29) is 23.8 Å². The fourth-order valence-electron chi connectivity index (χ4n) is 0.556. The molecule has 0 unspecified atom stereocenters. The van der Waals surface area contributed by atoms with E-state index in [0.29, 0.717) is 0 Å². The summed E-state index contributed by atoms with van der Waals surface area (Å²) in [5, 5.41) is 0. The molecule has 0 aliphatic carbocycles. The largest absolute Gasteiger partial charge is 0.329 e. The third-order valence-electron chi connectivity index (χ3n) is 1.05. The highest BCUT2D eigenvalue weighted by molar-refractivity contribution is 7.79. The zero-order valence-electron chi connectivity index (χ0n) is 5.48. The van der Waals surface area contributed by atoms with E-state index in [9.17, 15) is 9.59 Å². The highest BCUT2D eigenvalue weighted by Crippen LogP contribution is 1.78. The van der Waals surface area contributed by atoms with Gasteiger partial charge in [-0.05, 0) is 0 Å². The Morgan fingerprint density at radius 2 is 2.18 bits per heavy atom. The van der Waals surface area contributed by atoms with E-state index >= 15 is 0 Å². The van der Waals surface area contributed by atoms with Crippen LogP contribution in [0.2, 0.25) is 0 Å². The Hall–Kier alpha value is -0.680. The average Bonchev–Trinajstić information content (AvgIpc) is 1.88. The van der Waals surface area contributed by atoms with Crippen LogP contribution in [0.3, 0.4) is 0 Å². The first-order valence-corrected chi connectivity index (χ1v) is 3.28. The van der Waals surface area contributed by atoms with E-state index in [1.54, 1.807) is 0 Å². The Balaban J connectivity index is 0.000001000. The number of aromatic amines is 1. The Kier molecular flexibility index (Phi) is 3.99. The SMILES string of the molecule is Cl.O=c1ccn(CS)c(=O)[nH]1. The molecule has 0 spiro atoms. The Labute approximate surface area is 74.1 Å². The van der Waals surface area contributed by atoms with E-state index in [1.165, 1.54) is 16.8 Å². The van der Waals surface area contributed by atoms with E-state index < -0.39 is 5.69 Å². The molecule has 1 aromatic heterocycles. The van der Waals surface area contributed by atoms with Crippen molar-refractivity contribution in [3.63, 3.8) is 0 Å². The number of nitrogens with one attached hydrogen (secondary N) is 1. The second-order valence-electron chi connectivity index (χ2n) is 1.72. The first-order valence-electron chi connectivity index (χ1n) is 2.64. The molecule has 0 fully saturated rings. The summed E-state index contributed by atoms with van der Waals surface area (Å²) < 4.78 is 1.28. The van der Waals surface area contributed by atoms with Gasteiger partial charge >= 0.3 is 5.69 Å². The second kappa shape index (κ2) is 4.25. The number of hydrogen-bond acceptors (Lipinski definition) is 3. The number of halogens is 1. The topological polar surface area (TPSA) is 54.9 Å². The number of aromatic nitrogens is 2. The quantitative estimate of drug-likeness (QED) is 0.611. The van der Waals surface area contributed by atoms with E-state index in [4.69, 9.17) is 0 Å². The molecule has 0 bridgehead atoms. The maximum Gasteiger partial charge on any atom is 0.329 e. The zero-order chi connectivity index (χ0) is 7.56. The van der Waals surface area contributed by atoms with Crippen LogP contribution in [0.5, 0.6) is 0 Å². The summed E-state index contributed by atoms with van der Waals surface area (Å²) in [5.41, 5.74) is -0.814. The van der Waals surface area contributed by atoms with Gasteiger partial charge < -0.3 is 0 Å². The molecule has 1 heterocycles. The Bertz CT molecular complexity index is 332. The van der Waals surface area contributed by atoms with Crippen molar-refractivity contribution in [3.05, 3.63) is 33.1 Å². The minimum Gasteiger partial charge on any atom is -0.291 e. The summed E-state index contributed by atoms with van der Waals surface area (Å²) in [6.45, 7) is 0. The van der Waals surface area contributed by atoms with Gasteiger partial charge in [-0.3, -0.25) is 14.3 Å². The molecule has 0 atom stereocenters. The third-order valence-corrected chi connectivity index (χ3v) is 1.35. The van der Waals surface area contributed by atoms with Gasteiger partial charge in [-0.1, -0.05) is 0 Å². The molecule has 6 heteroatoms. The molecule has 0 amide bonds. The highest BCUT2D eigenvalue weighted by Gasteiger charge is 1.90. The lowest BCUT2D eigenvalue weighted by atomic mass is 10.6. The zero-order valence-corrected chi connectivity index (χ0v) is 7.19. The molecule has 0 aliphatic rings. The van der Waals surface area contributed by atoms with Gasteiger partial charge in [0, 0.05) is 12.3 Å². The molecule has 62 valence electrons.